The van der Waals surface area contributed by atoms with E-state index in [1.54, 1.807) is 43.4 Å². The van der Waals surface area contributed by atoms with Gasteiger partial charge in [0.2, 0.25) is 0 Å². The van der Waals surface area contributed by atoms with Crippen LogP contribution in [0.15, 0.2) is 82.4 Å². The highest BCUT2D eigenvalue weighted by Crippen LogP contribution is 2.19. The summed E-state index contributed by atoms with van der Waals surface area (Å²) in [4.78, 5) is 42.1. The Morgan fingerprint density at radius 2 is 1.70 bits per heavy atom. The first-order valence-corrected chi connectivity index (χ1v) is 10.5. The number of carbonyl (C=O) groups is 1. The van der Waals surface area contributed by atoms with Crippen LogP contribution >= 0.6 is 0 Å². The summed E-state index contributed by atoms with van der Waals surface area (Å²) < 4.78 is 2.74. The second-order valence-electron chi connectivity index (χ2n) is 7.65. The van der Waals surface area contributed by atoms with Crippen molar-refractivity contribution in [3.8, 4) is 0 Å². The average Bonchev–Trinajstić information content (AvgIpc) is 2.86. The van der Waals surface area contributed by atoms with Crippen molar-refractivity contribution in [3.05, 3.63) is 122 Å². The Kier molecular flexibility index (Phi) is 6.18. The molecule has 0 saturated heterocycles. The first-order valence-electron chi connectivity index (χ1n) is 10.5. The van der Waals surface area contributed by atoms with Gasteiger partial charge >= 0.3 is 5.69 Å². The van der Waals surface area contributed by atoms with Gasteiger partial charge in [-0.05, 0) is 35.7 Å². The van der Waals surface area contributed by atoms with Gasteiger partial charge in [-0.25, -0.2) is 9.64 Å². The summed E-state index contributed by atoms with van der Waals surface area (Å²) >= 11 is 0. The predicted octanol–water partition coefficient (Wildman–Crippen LogP) is 3.36. The molecule has 0 saturated carbocycles. The van der Waals surface area contributed by atoms with Crippen molar-refractivity contribution in [2.75, 3.05) is 7.05 Å². The van der Waals surface area contributed by atoms with Crippen molar-refractivity contribution in [1.29, 1.82) is 0 Å². The lowest BCUT2D eigenvalue weighted by atomic mass is 10.1. The lowest BCUT2D eigenvalue weighted by Crippen LogP contribution is -2.40. The number of hydrogen-bond donors (Lipinski definition) is 1. The van der Waals surface area contributed by atoms with Crippen molar-refractivity contribution >= 4 is 22.5 Å². The fourth-order valence-corrected chi connectivity index (χ4v) is 3.85. The zero-order valence-corrected chi connectivity index (χ0v) is 18.1. The largest absolute Gasteiger partial charge is 0.355 e. The smallest absolute Gasteiger partial charge is 0.331 e. The molecule has 0 radical (unpaired) electrons. The number of hydrogen-bond acceptors (Lipinski definition) is 3. The van der Waals surface area contributed by atoms with Crippen molar-refractivity contribution in [2.24, 2.45) is 0 Å². The molecule has 0 unspecified atom stereocenters. The molecule has 0 aliphatic heterocycles. The van der Waals surface area contributed by atoms with E-state index in [1.807, 2.05) is 36.4 Å². The molecular formula is C26H22N4O3. The minimum atomic E-state index is -0.448. The van der Waals surface area contributed by atoms with Gasteiger partial charge in [0.25, 0.3) is 11.5 Å². The molecule has 0 aliphatic carbocycles. The lowest BCUT2D eigenvalue weighted by molar-refractivity contribution is 0.0963. The third-order valence-electron chi connectivity index (χ3n) is 5.56. The molecule has 33 heavy (non-hydrogen) atoms. The molecule has 1 aromatic heterocycles. The average molecular weight is 438 g/mol. The number of aromatic nitrogens is 2. The zero-order chi connectivity index (χ0) is 23.4. The third kappa shape index (κ3) is 4.46. The molecule has 4 rings (SSSR count). The monoisotopic (exact) mass is 438 g/mol. The van der Waals surface area contributed by atoms with Crippen molar-refractivity contribution in [2.45, 2.75) is 19.5 Å². The van der Waals surface area contributed by atoms with Gasteiger partial charge in [-0.15, -0.1) is 0 Å². The van der Waals surface area contributed by atoms with Crippen molar-refractivity contribution in [3.63, 3.8) is 0 Å². The fourth-order valence-electron chi connectivity index (χ4n) is 3.85. The van der Waals surface area contributed by atoms with Gasteiger partial charge in [-0.1, -0.05) is 54.6 Å². The van der Waals surface area contributed by atoms with Crippen molar-refractivity contribution in [1.82, 2.24) is 14.5 Å². The molecule has 0 bridgehead atoms. The van der Waals surface area contributed by atoms with E-state index in [0.717, 1.165) is 11.1 Å². The summed E-state index contributed by atoms with van der Waals surface area (Å²) in [6.07, 6.45) is 0.536. The SMILES string of the molecule is [C-]#[N+]c1ccc2c(=O)n(CCc3ccccc3)c(=O)n(Cc3cccc(C(=O)NC)c3)c2c1. The van der Waals surface area contributed by atoms with E-state index in [1.165, 1.54) is 9.13 Å². The normalized spacial score (nSPS) is 10.7. The number of benzene rings is 3. The number of carbonyl (C=O) groups excluding carboxylic acids is 1. The molecule has 164 valence electrons. The predicted molar refractivity (Wildman–Crippen MR) is 128 cm³/mol. The van der Waals surface area contributed by atoms with Crippen LogP contribution < -0.4 is 16.6 Å². The number of amides is 1. The van der Waals surface area contributed by atoms with Crippen LogP contribution in [0.4, 0.5) is 5.69 Å². The van der Waals surface area contributed by atoms with Crippen LogP contribution in [0.5, 0.6) is 0 Å². The number of fused-ring (bicyclic) bond motifs is 1. The standard InChI is InChI=1S/C26H22N4O3/c1-27-21-11-12-22-23(16-21)30(17-19-9-6-10-20(15-19)24(31)28-2)26(33)29(25(22)32)14-13-18-7-4-3-5-8-18/h3-12,15-16H,13-14,17H2,2H3,(H,28,31). The van der Waals surface area contributed by atoms with Gasteiger partial charge in [-0.2, -0.15) is 0 Å². The Morgan fingerprint density at radius 1 is 0.939 bits per heavy atom. The summed E-state index contributed by atoms with van der Waals surface area (Å²) in [7, 11) is 1.56. The molecule has 0 aliphatic rings. The molecule has 0 atom stereocenters. The topological polar surface area (TPSA) is 77.5 Å². The van der Waals surface area contributed by atoms with Crippen LogP contribution in [0.3, 0.4) is 0 Å². The summed E-state index contributed by atoms with van der Waals surface area (Å²) in [5.74, 6) is -0.225. The molecule has 7 nitrogen and oxygen atoms in total. The number of nitrogens with zero attached hydrogens (tertiary/aromatic N) is 3. The highest BCUT2D eigenvalue weighted by molar-refractivity contribution is 5.94. The zero-order valence-electron chi connectivity index (χ0n) is 18.1. The van der Waals surface area contributed by atoms with Gasteiger partial charge in [0, 0.05) is 24.7 Å². The molecule has 4 aromatic rings. The van der Waals surface area contributed by atoms with E-state index in [0.29, 0.717) is 28.6 Å². The molecule has 0 spiro atoms. The lowest BCUT2D eigenvalue weighted by Gasteiger charge is -2.15. The molecular weight excluding hydrogens is 416 g/mol. The van der Waals surface area contributed by atoms with Gasteiger partial charge < -0.3 is 5.32 Å². The first kappa shape index (κ1) is 21.8. The van der Waals surface area contributed by atoms with Crippen LogP contribution in [-0.4, -0.2) is 22.1 Å². The fraction of sp³-hybridized carbons (Fsp3) is 0.154. The Bertz CT molecular complexity index is 1490. The molecule has 7 heteroatoms. The van der Waals surface area contributed by atoms with Crippen LogP contribution in [0.1, 0.15) is 21.5 Å². The first-order chi connectivity index (χ1) is 16.0. The van der Waals surface area contributed by atoms with Gasteiger partial charge in [-0.3, -0.25) is 18.7 Å². The highest BCUT2D eigenvalue weighted by atomic mass is 16.2. The van der Waals surface area contributed by atoms with E-state index in [2.05, 4.69) is 10.2 Å². The summed E-state index contributed by atoms with van der Waals surface area (Å²) in [6, 6.07) is 21.4. The Hall–Kier alpha value is -4.44. The van der Waals surface area contributed by atoms with Crippen LogP contribution in [0.25, 0.3) is 15.7 Å². The Balaban J connectivity index is 1.84. The number of nitrogens with one attached hydrogen (secondary N) is 1. The molecule has 0 fully saturated rings. The van der Waals surface area contributed by atoms with E-state index in [4.69, 9.17) is 6.57 Å². The number of aryl methyl sites for hydroxylation is 1. The van der Waals surface area contributed by atoms with E-state index in [-0.39, 0.29) is 24.6 Å². The van der Waals surface area contributed by atoms with E-state index >= 15 is 0 Å². The van der Waals surface area contributed by atoms with Crippen LogP contribution in [0.2, 0.25) is 0 Å². The molecule has 1 amide bonds. The van der Waals surface area contributed by atoms with Gasteiger partial charge in [0.1, 0.15) is 0 Å². The van der Waals surface area contributed by atoms with Crippen LogP contribution in [0, 0.1) is 6.57 Å². The molecule has 1 N–H and O–H groups in total. The van der Waals surface area contributed by atoms with E-state index < -0.39 is 5.69 Å². The Labute approximate surface area is 190 Å². The number of rotatable bonds is 6. The second kappa shape index (κ2) is 9.37. The maximum absolute atomic E-state index is 13.5. The molecule has 1 heterocycles. The highest BCUT2D eigenvalue weighted by Gasteiger charge is 2.15. The maximum Gasteiger partial charge on any atom is 0.331 e. The second-order valence-corrected chi connectivity index (χ2v) is 7.65. The van der Waals surface area contributed by atoms with Crippen molar-refractivity contribution < 1.29 is 4.79 Å². The summed E-state index contributed by atoms with van der Waals surface area (Å²) in [5.41, 5.74) is 2.16. The summed E-state index contributed by atoms with van der Waals surface area (Å²) in [6.45, 7) is 7.72. The molecule has 3 aromatic carbocycles. The minimum Gasteiger partial charge on any atom is -0.355 e. The van der Waals surface area contributed by atoms with Gasteiger partial charge in [0.05, 0.1) is 18.5 Å². The maximum atomic E-state index is 13.5. The quantitative estimate of drug-likeness (QED) is 0.469. The Morgan fingerprint density at radius 3 is 2.42 bits per heavy atom. The van der Waals surface area contributed by atoms with Gasteiger partial charge in [0.15, 0.2) is 5.69 Å². The minimum absolute atomic E-state index is 0.160. The van der Waals surface area contributed by atoms with E-state index in [9.17, 15) is 14.4 Å². The summed E-state index contributed by atoms with van der Waals surface area (Å²) in [5, 5.41) is 2.96. The third-order valence-corrected chi connectivity index (χ3v) is 5.56. The van der Waals surface area contributed by atoms with Crippen LogP contribution in [-0.2, 0) is 19.5 Å².